The highest BCUT2D eigenvalue weighted by Gasteiger charge is 2.19. The van der Waals surface area contributed by atoms with E-state index in [0.717, 1.165) is 17.1 Å². The zero-order valence-corrected chi connectivity index (χ0v) is 34.1. The van der Waals surface area contributed by atoms with Crippen LogP contribution in [0.4, 0.5) is 17.1 Å². The Morgan fingerprint density at radius 2 is 0.695 bits per heavy atom. The molecule has 2 saturated carbocycles. The Bertz CT molecular complexity index is 2530. The van der Waals surface area contributed by atoms with Crippen LogP contribution in [0.25, 0.3) is 55.3 Å². The molecule has 0 amide bonds. The zero-order valence-electron chi connectivity index (χ0n) is 34.1. The molecule has 59 heavy (non-hydrogen) atoms. The summed E-state index contributed by atoms with van der Waals surface area (Å²) in [6.45, 7) is 0. The predicted octanol–water partition coefficient (Wildman–Crippen LogP) is 17.1. The first-order chi connectivity index (χ1) is 29.2. The van der Waals surface area contributed by atoms with Crippen molar-refractivity contribution in [3.8, 4) is 44.5 Å². The Kier molecular flexibility index (Phi) is 10.7. The van der Waals surface area contributed by atoms with Crippen LogP contribution in [0.3, 0.4) is 0 Å². The van der Waals surface area contributed by atoms with E-state index < -0.39 is 0 Å². The van der Waals surface area contributed by atoms with Crippen LogP contribution in [0.1, 0.15) is 87.2 Å². The topological polar surface area (TPSA) is 3.24 Å². The van der Waals surface area contributed by atoms with Crippen molar-refractivity contribution in [2.24, 2.45) is 0 Å². The summed E-state index contributed by atoms with van der Waals surface area (Å²) in [5.74, 6) is 1.39. The smallest absolute Gasteiger partial charge is 0.0462 e. The summed E-state index contributed by atoms with van der Waals surface area (Å²) in [6.07, 6.45) is 13.4. The van der Waals surface area contributed by atoms with E-state index in [9.17, 15) is 0 Å². The highest BCUT2D eigenvalue weighted by Crippen LogP contribution is 2.40. The minimum Gasteiger partial charge on any atom is -0.311 e. The van der Waals surface area contributed by atoms with E-state index in [1.165, 1.54) is 131 Å². The monoisotopic (exact) mass is 763 g/mol. The lowest BCUT2D eigenvalue weighted by molar-refractivity contribution is 0.444. The van der Waals surface area contributed by atoms with Crippen molar-refractivity contribution in [1.29, 1.82) is 0 Å². The van der Waals surface area contributed by atoms with E-state index in [1.54, 1.807) is 0 Å². The number of benzene rings is 8. The zero-order chi connectivity index (χ0) is 39.4. The predicted molar refractivity (Wildman–Crippen MR) is 252 cm³/mol. The van der Waals surface area contributed by atoms with E-state index >= 15 is 0 Å². The Hall–Kier alpha value is -6.18. The largest absolute Gasteiger partial charge is 0.311 e. The summed E-state index contributed by atoms with van der Waals surface area (Å²) in [5.41, 5.74) is 16.5. The summed E-state index contributed by atoms with van der Waals surface area (Å²) >= 11 is 0. The Balaban J connectivity index is 0.957. The first-order valence-electron chi connectivity index (χ1n) is 22.1. The minimum absolute atomic E-state index is 0.696. The van der Waals surface area contributed by atoms with Gasteiger partial charge >= 0.3 is 0 Å². The van der Waals surface area contributed by atoms with Gasteiger partial charge in [-0.15, -0.1) is 0 Å². The number of anilines is 3. The van der Waals surface area contributed by atoms with Gasteiger partial charge in [-0.25, -0.2) is 0 Å². The first-order valence-corrected chi connectivity index (χ1v) is 22.1. The van der Waals surface area contributed by atoms with Gasteiger partial charge in [-0.05, 0) is 140 Å². The van der Waals surface area contributed by atoms with Gasteiger partial charge in [-0.1, -0.05) is 190 Å². The molecular weight excluding hydrogens is 711 g/mol. The maximum Gasteiger partial charge on any atom is 0.0462 e. The number of nitrogens with zero attached hydrogens (tertiary/aromatic N) is 1. The van der Waals surface area contributed by atoms with Crippen LogP contribution in [0, 0.1) is 0 Å². The van der Waals surface area contributed by atoms with Gasteiger partial charge in [0.1, 0.15) is 0 Å². The average molecular weight is 764 g/mol. The van der Waals surface area contributed by atoms with Crippen molar-refractivity contribution in [2.75, 3.05) is 4.90 Å². The standard InChI is InChI=1S/C58H53N/c1-3-12-42(13-4-1)50-18-9-20-52(40-50)46-30-36-55(37-31-46)59(56-38-32-47(33-39-56)53-21-10-19-51(41-53)43-14-5-2-6-15-43)54-34-28-45(29-35-54)44-24-26-49(27-25-44)58-23-11-17-48-16-7-8-22-57(48)58/h7-11,16-43H,1-6,12-15H2. The van der Waals surface area contributed by atoms with E-state index in [-0.39, 0.29) is 0 Å². The van der Waals surface area contributed by atoms with Gasteiger partial charge in [-0.2, -0.15) is 0 Å². The lowest BCUT2D eigenvalue weighted by atomic mass is 9.83. The van der Waals surface area contributed by atoms with Gasteiger partial charge in [-0.3, -0.25) is 0 Å². The molecule has 2 aliphatic rings. The fourth-order valence-corrected chi connectivity index (χ4v) is 9.99. The van der Waals surface area contributed by atoms with Crippen LogP contribution in [0.15, 0.2) is 188 Å². The SMILES string of the molecule is c1cc(-c2ccc(N(c3ccc(-c4ccc(-c5cccc6ccccc56)cc4)cc3)c3ccc(-c4cccc(C5CCCCC5)c4)cc3)cc2)cc(C2CCCCC2)c1. The van der Waals surface area contributed by atoms with Crippen molar-refractivity contribution in [3.63, 3.8) is 0 Å². The third-order valence-electron chi connectivity index (χ3n) is 13.3. The van der Waals surface area contributed by atoms with Gasteiger partial charge in [0.25, 0.3) is 0 Å². The summed E-state index contributed by atoms with van der Waals surface area (Å²) in [4.78, 5) is 2.40. The molecule has 10 rings (SSSR count). The van der Waals surface area contributed by atoms with Crippen LogP contribution in [0.5, 0.6) is 0 Å². The molecule has 2 fully saturated rings. The Morgan fingerprint density at radius 3 is 1.19 bits per heavy atom. The second kappa shape index (κ2) is 17.0. The van der Waals surface area contributed by atoms with E-state index in [0.29, 0.717) is 11.8 Å². The van der Waals surface area contributed by atoms with Crippen LogP contribution in [0.2, 0.25) is 0 Å². The average Bonchev–Trinajstić information content (AvgIpc) is 3.33. The molecule has 1 heteroatoms. The molecule has 8 aromatic rings. The quantitative estimate of drug-likeness (QED) is 0.142. The van der Waals surface area contributed by atoms with Crippen LogP contribution >= 0.6 is 0 Å². The van der Waals surface area contributed by atoms with Crippen molar-refractivity contribution < 1.29 is 0 Å². The number of rotatable bonds is 9. The Morgan fingerprint density at radius 1 is 0.305 bits per heavy atom. The lowest BCUT2D eigenvalue weighted by Crippen LogP contribution is -2.09. The summed E-state index contributed by atoms with van der Waals surface area (Å²) in [5, 5.41) is 2.56. The lowest BCUT2D eigenvalue weighted by Gasteiger charge is -2.26. The summed E-state index contributed by atoms with van der Waals surface area (Å²) < 4.78 is 0. The number of hydrogen-bond donors (Lipinski definition) is 0. The van der Waals surface area contributed by atoms with Gasteiger partial charge in [0.05, 0.1) is 0 Å². The van der Waals surface area contributed by atoms with Crippen LogP contribution in [-0.2, 0) is 0 Å². The van der Waals surface area contributed by atoms with Crippen molar-refractivity contribution in [1.82, 2.24) is 0 Å². The molecule has 1 nitrogen and oxygen atoms in total. The highest BCUT2D eigenvalue weighted by molar-refractivity contribution is 5.97. The number of fused-ring (bicyclic) bond motifs is 1. The maximum atomic E-state index is 2.44. The van der Waals surface area contributed by atoms with E-state index in [2.05, 4.69) is 193 Å². The molecule has 0 unspecified atom stereocenters. The van der Waals surface area contributed by atoms with Gasteiger partial charge in [0, 0.05) is 17.1 Å². The molecule has 0 radical (unpaired) electrons. The van der Waals surface area contributed by atoms with Gasteiger partial charge in [0.2, 0.25) is 0 Å². The fraction of sp³-hybridized carbons (Fsp3) is 0.207. The summed E-state index contributed by atoms with van der Waals surface area (Å²) in [6, 6.07) is 70.4. The fourth-order valence-electron chi connectivity index (χ4n) is 9.99. The highest BCUT2D eigenvalue weighted by atomic mass is 15.1. The van der Waals surface area contributed by atoms with E-state index in [4.69, 9.17) is 0 Å². The normalized spacial score (nSPS) is 15.0. The molecule has 8 aromatic carbocycles. The molecule has 0 aromatic heterocycles. The number of hydrogen-bond acceptors (Lipinski definition) is 1. The van der Waals surface area contributed by atoms with Crippen molar-refractivity contribution in [3.05, 3.63) is 199 Å². The molecule has 2 aliphatic carbocycles. The molecular formula is C58H53N. The van der Waals surface area contributed by atoms with Crippen LogP contribution in [-0.4, -0.2) is 0 Å². The minimum atomic E-state index is 0.696. The second-order valence-corrected chi connectivity index (χ2v) is 17.0. The molecule has 0 N–H and O–H groups in total. The third kappa shape index (κ3) is 8.00. The molecule has 0 aliphatic heterocycles. The van der Waals surface area contributed by atoms with Crippen LogP contribution < -0.4 is 4.90 Å². The molecule has 0 spiro atoms. The molecule has 290 valence electrons. The summed E-state index contributed by atoms with van der Waals surface area (Å²) in [7, 11) is 0. The van der Waals surface area contributed by atoms with Gasteiger partial charge < -0.3 is 4.90 Å². The van der Waals surface area contributed by atoms with Gasteiger partial charge in [0.15, 0.2) is 0 Å². The van der Waals surface area contributed by atoms with Crippen molar-refractivity contribution >= 4 is 27.8 Å². The molecule has 0 atom stereocenters. The first kappa shape index (κ1) is 37.1. The van der Waals surface area contributed by atoms with Crippen molar-refractivity contribution in [2.45, 2.75) is 76.0 Å². The molecule has 0 heterocycles. The third-order valence-corrected chi connectivity index (χ3v) is 13.3. The molecule has 0 saturated heterocycles. The maximum absolute atomic E-state index is 2.44. The molecule has 0 bridgehead atoms. The Labute approximate surface area is 351 Å². The van der Waals surface area contributed by atoms with E-state index in [1.807, 2.05) is 0 Å². The second-order valence-electron chi connectivity index (χ2n) is 17.0.